The third kappa shape index (κ3) is 3.12. The van der Waals surface area contributed by atoms with Crippen LogP contribution in [0.5, 0.6) is 0 Å². The van der Waals surface area contributed by atoms with Crippen LogP contribution in [-0.4, -0.2) is 22.4 Å². The molecule has 4 aliphatic rings. The molecule has 0 aliphatic heterocycles. The zero-order valence-corrected chi connectivity index (χ0v) is 13.3. The van der Waals surface area contributed by atoms with Gasteiger partial charge < -0.3 is 5.32 Å². The van der Waals surface area contributed by atoms with Gasteiger partial charge in [-0.15, -0.1) is 11.8 Å². The van der Waals surface area contributed by atoms with E-state index in [4.69, 9.17) is 0 Å². The van der Waals surface area contributed by atoms with Crippen molar-refractivity contribution in [1.82, 2.24) is 5.32 Å². The SMILES string of the molecule is CC(C)(C)SCC(=O)NC1C2CC3CC(C2)CC1C3. The molecule has 108 valence electrons. The molecule has 0 unspecified atom stereocenters. The quantitative estimate of drug-likeness (QED) is 0.858. The number of rotatable bonds is 3. The van der Waals surface area contributed by atoms with Gasteiger partial charge in [0.05, 0.1) is 5.75 Å². The maximum absolute atomic E-state index is 12.1. The smallest absolute Gasteiger partial charge is 0.230 e. The molecule has 0 radical (unpaired) electrons. The van der Waals surface area contributed by atoms with Gasteiger partial charge >= 0.3 is 0 Å². The van der Waals surface area contributed by atoms with E-state index in [0.717, 1.165) is 23.7 Å². The largest absolute Gasteiger partial charge is 0.352 e. The van der Waals surface area contributed by atoms with Crippen molar-refractivity contribution in [2.45, 2.75) is 63.7 Å². The van der Waals surface area contributed by atoms with Gasteiger partial charge in [0.1, 0.15) is 0 Å². The monoisotopic (exact) mass is 281 g/mol. The minimum atomic E-state index is 0.182. The molecule has 0 heterocycles. The second-order valence-corrected chi connectivity index (χ2v) is 9.73. The Hall–Kier alpha value is -0.180. The molecule has 0 aromatic heterocycles. The summed E-state index contributed by atoms with van der Waals surface area (Å²) in [6.45, 7) is 6.52. The summed E-state index contributed by atoms with van der Waals surface area (Å²) >= 11 is 1.76. The Bertz CT molecular complexity index is 332. The van der Waals surface area contributed by atoms with E-state index in [2.05, 4.69) is 26.1 Å². The number of thioether (sulfide) groups is 1. The maximum Gasteiger partial charge on any atom is 0.230 e. The summed E-state index contributed by atoms with van der Waals surface area (Å²) in [6.07, 6.45) is 7.00. The fraction of sp³-hybridized carbons (Fsp3) is 0.938. The summed E-state index contributed by atoms with van der Waals surface area (Å²) in [5.74, 6) is 4.43. The summed E-state index contributed by atoms with van der Waals surface area (Å²) in [5.41, 5.74) is 0. The van der Waals surface area contributed by atoms with E-state index in [1.165, 1.54) is 32.1 Å². The molecule has 4 fully saturated rings. The lowest BCUT2D eigenvalue weighted by Gasteiger charge is -2.54. The number of carbonyl (C=O) groups excluding carboxylic acids is 1. The van der Waals surface area contributed by atoms with Gasteiger partial charge in [0, 0.05) is 10.8 Å². The Balaban J connectivity index is 1.54. The van der Waals surface area contributed by atoms with E-state index in [1.807, 2.05) is 0 Å². The third-order valence-electron chi connectivity index (χ3n) is 5.19. The summed E-state index contributed by atoms with van der Waals surface area (Å²) < 4.78 is 0.182. The predicted molar refractivity (Wildman–Crippen MR) is 81.2 cm³/mol. The number of carbonyl (C=O) groups is 1. The first kappa shape index (κ1) is 13.8. The van der Waals surface area contributed by atoms with Crippen molar-refractivity contribution >= 4 is 17.7 Å². The van der Waals surface area contributed by atoms with Gasteiger partial charge in [-0.05, 0) is 55.8 Å². The molecule has 0 aromatic rings. The molecular formula is C16H27NOS. The van der Waals surface area contributed by atoms with Crippen molar-refractivity contribution < 1.29 is 4.79 Å². The highest BCUT2D eigenvalue weighted by molar-refractivity contribution is 8.01. The van der Waals surface area contributed by atoms with Crippen molar-refractivity contribution in [2.24, 2.45) is 23.7 Å². The molecule has 1 amide bonds. The highest BCUT2D eigenvalue weighted by Crippen LogP contribution is 2.53. The van der Waals surface area contributed by atoms with E-state index in [0.29, 0.717) is 11.8 Å². The molecule has 0 spiro atoms. The predicted octanol–water partition coefficient (Wildman–Crippen LogP) is 3.46. The molecular weight excluding hydrogens is 254 g/mol. The van der Waals surface area contributed by atoms with Crippen LogP contribution in [0.1, 0.15) is 52.9 Å². The number of hydrogen-bond acceptors (Lipinski definition) is 2. The van der Waals surface area contributed by atoms with Gasteiger partial charge in [-0.2, -0.15) is 0 Å². The summed E-state index contributed by atoms with van der Waals surface area (Å²) in [4.78, 5) is 12.1. The fourth-order valence-corrected chi connectivity index (χ4v) is 5.32. The highest BCUT2D eigenvalue weighted by atomic mass is 32.2. The molecule has 4 bridgehead atoms. The van der Waals surface area contributed by atoms with Gasteiger partial charge in [-0.1, -0.05) is 20.8 Å². The van der Waals surface area contributed by atoms with Gasteiger partial charge in [-0.3, -0.25) is 4.79 Å². The standard InChI is InChI=1S/C16H27NOS/c1-16(2,3)19-9-14(18)17-15-12-5-10-4-11(7-12)8-13(15)6-10/h10-13,15H,4-9H2,1-3H3,(H,17,18). The van der Waals surface area contributed by atoms with Crippen LogP contribution in [0.2, 0.25) is 0 Å². The van der Waals surface area contributed by atoms with Gasteiger partial charge in [0.25, 0.3) is 0 Å². The van der Waals surface area contributed by atoms with Crippen molar-refractivity contribution in [3.63, 3.8) is 0 Å². The Morgan fingerprint density at radius 2 is 1.58 bits per heavy atom. The molecule has 0 atom stereocenters. The topological polar surface area (TPSA) is 29.1 Å². The Labute approximate surface area is 121 Å². The van der Waals surface area contributed by atoms with E-state index in [1.54, 1.807) is 11.8 Å². The van der Waals surface area contributed by atoms with Crippen molar-refractivity contribution in [2.75, 3.05) is 5.75 Å². The fourth-order valence-electron chi connectivity index (χ4n) is 4.67. The second kappa shape index (κ2) is 4.98. The average Bonchev–Trinajstić information content (AvgIpc) is 2.29. The van der Waals surface area contributed by atoms with Crippen LogP contribution >= 0.6 is 11.8 Å². The molecule has 3 heteroatoms. The molecule has 4 rings (SSSR count). The van der Waals surface area contributed by atoms with Gasteiger partial charge in [0.2, 0.25) is 5.91 Å². The normalized spacial score (nSPS) is 40.5. The molecule has 0 saturated heterocycles. The second-order valence-electron chi connectivity index (χ2n) is 7.93. The van der Waals surface area contributed by atoms with E-state index in [9.17, 15) is 4.79 Å². The first-order valence-electron chi connectivity index (χ1n) is 7.84. The molecule has 2 nitrogen and oxygen atoms in total. The first-order chi connectivity index (χ1) is 8.90. The van der Waals surface area contributed by atoms with Crippen LogP contribution in [0.4, 0.5) is 0 Å². The minimum absolute atomic E-state index is 0.182. The van der Waals surface area contributed by atoms with Crippen LogP contribution in [0.15, 0.2) is 0 Å². The molecule has 0 aromatic carbocycles. The van der Waals surface area contributed by atoms with Crippen molar-refractivity contribution in [3.05, 3.63) is 0 Å². The minimum Gasteiger partial charge on any atom is -0.352 e. The van der Waals surface area contributed by atoms with Crippen LogP contribution < -0.4 is 5.32 Å². The van der Waals surface area contributed by atoms with E-state index in [-0.39, 0.29) is 10.7 Å². The molecule has 1 N–H and O–H groups in total. The van der Waals surface area contributed by atoms with E-state index >= 15 is 0 Å². The third-order valence-corrected chi connectivity index (χ3v) is 6.46. The summed E-state index contributed by atoms with van der Waals surface area (Å²) in [6, 6.07) is 0.501. The van der Waals surface area contributed by atoms with E-state index < -0.39 is 0 Å². The lowest BCUT2D eigenvalue weighted by Crippen LogP contribution is -2.56. The van der Waals surface area contributed by atoms with Gasteiger partial charge in [0.15, 0.2) is 0 Å². The number of amides is 1. The number of hydrogen-bond donors (Lipinski definition) is 1. The Morgan fingerprint density at radius 3 is 2.05 bits per heavy atom. The summed E-state index contributed by atoms with van der Waals surface area (Å²) in [7, 11) is 0. The zero-order valence-electron chi connectivity index (χ0n) is 12.4. The Kier molecular flexibility index (Phi) is 3.61. The van der Waals surface area contributed by atoms with Gasteiger partial charge in [-0.25, -0.2) is 0 Å². The van der Waals surface area contributed by atoms with Crippen LogP contribution in [0.25, 0.3) is 0 Å². The maximum atomic E-state index is 12.1. The van der Waals surface area contributed by atoms with Crippen molar-refractivity contribution in [3.8, 4) is 0 Å². The van der Waals surface area contributed by atoms with Crippen LogP contribution in [0.3, 0.4) is 0 Å². The highest BCUT2D eigenvalue weighted by Gasteiger charge is 2.48. The molecule has 4 aliphatic carbocycles. The zero-order chi connectivity index (χ0) is 13.6. The lowest BCUT2D eigenvalue weighted by atomic mass is 9.54. The molecule has 19 heavy (non-hydrogen) atoms. The Morgan fingerprint density at radius 1 is 1.05 bits per heavy atom. The van der Waals surface area contributed by atoms with Crippen molar-refractivity contribution in [1.29, 1.82) is 0 Å². The van der Waals surface area contributed by atoms with Crippen LogP contribution in [0, 0.1) is 23.7 Å². The summed E-state index contributed by atoms with van der Waals surface area (Å²) in [5, 5.41) is 3.37. The first-order valence-corrected chi connectivity index (χ1v) is 8.82. The lowest BCUT2D eigenvalue weighted by molar-refractivity contribution is -0.122. The molecule has 4 saturated carbocycles. The number of nitrogens with one attached hydrogen (secondary N) is 1. The average molecular weight is 281 g/mol. The van der Waals surface area contributed by atoms with Crippen LogP contribution in [-0.2, 0) is 4.79 Å².